The van der Waals surface area contributed by atoms with Gasteiger partial charge in [0.25, 0.3) is 0 Å². The Morgan fingerprint density at radius 3 is 2.07 bits per heavy atom. The molecular weight excluding hydrogens is 725 g/mol. The van der Waals surface area contributed by atoms with Crippen molar-refractivity contribution in [2.45, 2.75) is 12.0 Å². The maximum absolute atomic E-state index is 6.40. The Labute approximate surface area is 338 Å². The lowest BCUT2D eigenvalue weighted by Gasteiger charge is -2.20. The van der Waals surface area contributed by atoms with Gasteiger partial charge < -0.3 is 13.9 Å². The van der Waals surface area contributed by atoms with Gasteiger partial charge in [-0.25, -0.2) is 0 Å². The van der Waals surface area contributed by atoms with E-state index in [1.807, 2.05) is 11.3 Å². The van der Waals surface area contributed by atoms with Crippen LogP contribution in [0.15, 0.2) is 194 Å². The van der Waals surface area contributed by atoms with Gasteiger partial charge in [-0.15, -0.1) is 11.3 Å². The summed E-state index contributed by atoms with van der Waals surface area (Å²) in [5, 5.41) is 7.57. The van der Waals surface area contributed by atoms with Gasteiger partial charge >= 0.3 is 0 Å². The minimum Gasteiger partial charge on any atom is -0.485 e. The zero-order valence-corrected chi connectivity index (χ0v) is 32.2. The third-order valence-corrected chi connectivity index (χ3v) is 13.7. The minimum atomic E-state index is 0.0167. The molecule has 8 aromatic carbocycles. The predicted molar refractivity (Wildman–Crippen MR) is 244 cm³/mol. The molecule has 58 heavy (non-hydrogen) atoms. The number of aromatic nitrogens is 2. The van der Waals surface area contributed by atoms with Crippen LogP contribution in [0.25, 0.3) is 91.9 Å². The van der Waals surface area contributed by atoms with Crippen LogP contribution in [-0.4, -0.2) is 15.2 Å². The molecule has 0 radical (unpaired) electrons. The van der Waals surface area contributed by atoms with Gasteiger partial charge in [0, 0.05) is 75.7 Å². The molecule has 0 bridgehead atoms. The Morgan fingerprint density at radius 2 is 1.19 bits per heavy atom. The summed E-state index contributed by atoms with van der Waals surface area (Å²) in [5.41, 5.74) is 13.3. The van der Waals surface area contributed by atoms with E-state index in [9.17, 15) is 0 Å². The average Bonchev–Trinajstić information content (AvgIpc) is 4.03. The Hall–Kier alpha value is -7.14. The Kier molecular flexibility index (Phi) is 6.72. The molecule has 0 amide bonds. The number of ether oxygens (including phenoxy) is 1. The standard InChI is InChI=1S/C54H34N2OS/c1-2-13-35(14-3-1)56-48-22-9-5-16-39(48)43-20-12-19-37(53(43)56)34-25-27-40-38-15-4-8-21-47(38)55(49(40)30-34)36-31-44(54-46(32-36)42-18-7-11-24-52(42)58-54)33-26-28-51-45(29-33)41-17-6-10-23-50(41)57-51/h1-32,45,51H. The number of hydrogen-bond donors (Lipinski definition) is 0. The number of para-hydroxylation sites is 5. The number of allylic oxidation sites excluding steroid dienone is 2. The molecule has 0 saturated heterocycles. The molecule has 2 aliphatic rings. The second kappa shape index (κ2) is 12.2. The van der Waals surface area contributed by atoms with Crippen LogP contribution < -0.4 is 4.74 Å². The highest BCUT2D eigenvalue weighted by atomic mass is 32.1. The van der Waals surface area contributed by atoms with Crippen LogP contribution in [-0.2, 0) is 0 Å². The molecule has 4 heteroatoms. The number of fused-ring (bicyclic) bond motifs is 12. The van der Waals surface area contributed by atoms with Crippen LogP contribution >= 0.6 is 11.3 Å². The van der Waals surface area contributed by atoms with E-state index in [0.29, 0.717) is 0 Å². The van der Waals surface area contributed by atoms with Crippen LogP contribution in [0.1, 0.15) is 17.0 Å². The molecule has 0 fully saturated rings. The number of thiophene rings is 1. The fourth-order valence-corrected chi connectivity index (χ4v) is 11.1. The van der Waals surface area contributed by atoms with Gasteiger partial charge in [-0.2, -0.15) is 0 Å². The van der Waals surface area contributed by atoms with Crippen LogP contribution in [0.3, 0.4) is 0 Å². The lowest BCUT2D eigenvalue weighted by molar-refractivity contribution is 0.269. The normalized spacial score (nSPS) is 16.1. The van der Waals surface area contributed by atoms with E-state index in [1.54, 1.807) is 0 Å². The van der Waals surface area contributed by atoms with E-state index in [-0.39, 0.29) is 12.0 Å². The largest absolute Gasteiger partial charge is 0.485 e. The number of rotatable bonds is 4. The number of hydrogen-bond acceptors (Lipinski definition) is 2. The summed E-state index contributed by atoms with van der Waals surface area (Å²) in [5.74, 6) is 1.16. The van der Waals surface area contributed by atoms with Crippen molar-refractivity contribution in [2.75, 3.05) is 0 Å². The highest BCUT2D eigenvalue weighted by Gasteiger charge is 2.33. The number of benzene rings is 8. The van der Waals surface area contributed by atoms with Crippen molar-refractivity contribution < 1.29 is 4.74 Å². The quantitative estimate of drug-likeness (QED) is 0.175. The predicted octanol–water partition coefficient (Wildman–Crippen LogP) is 14.4. The molecule has 4 heterocycles. The fraction of sp³-hybridized carbons (Fsp3) is 0.0370. The summed E-state index contributed by atoms with van der Waals surface area (Å²) in [6, 6.07) is 64.5. The zero-order valence-electron chi connectivity index (χ0n) is 31.3. The second-order valence-electron chi connectivity index (χ2n) is 15.6. The van der Waals surface area contributed by atoms with Gasteiger partial charge in [0.2, 0.25) is 0 Å². The summed E-state index contributed by atoms with van der Waals surface area (Å²) in [6.07, 6.45) is 7.00. The van der Waals surface area contributed by atoms with E-state index in [1.165, 1.54) is 91.6 Å². The fourth-order valence-electron chi connectivity index (χ4n) is 9.90. The van der Waals surface area contributed by atoms with Crippen molar-refractivity contribution in [2.24, 2.45) is 0 Å². The van der Waals surface area contributed by atoms with Crippen LogP contribution in [0, 0.1) is 0 Å². The second-order valence-corrected chi connectivity index (χ2v) is 16.6. The van der Waals surface area contributed by atoms with Crippen molar-refractivity contribution in [3.05, 3.63) is 205 Å². The molecule has 11 aromatic rings. The number of nitrogens with zero attached hydrogens (tertiary/aromatic N) is 2. The monoisotopic (exact) mass is 758 g/mol. The first-order valence-electron chi connectivity index (χ1n) is 20.0. The van der Waals surface area contributed by atoms with Gasteiger partial charge in [0.15, 0.2) is 0 Å². The van der Waals surface area contributed by atoms with E-state index in [0.717, 1.165) is 17.1 Å². The molecule has 272 valence electrons. The molecule has 3 nitrogen and oxygen atoms in total. The van der Waals surface area contributed by atoms with Gasteiger partial charge in [-0.05, 0) is 71.8 Å². The van der Waals surface area contributed by atoms with Gasteiger partial charge in [-0.1, -0.05) is 133 Å². The molecule has 3 aromatic heterocycles. The average molecular weight is 759 g/mol. The van der Waals surface area contributed by atoms with Crippen molar-refractivity contribution in [3.8, 4) is 28.3 Å². The minimum absolute atomic E-state index is 0.0167. The molecule has 1 aliphatic carbocycles. The highest BCUT2D eigenvalue weighted by Crippen LogP contribution is 2.47. The SMILES string of the molecule is C1=CC2Oc3ccccc3C2C=C1c1cc(-n2c3ccccc3c3ccc(-c4cccc5c6ccccc6n(-c6ccccc6)c45)cc32)cc2c1sc1ccccc12. The smallest absolute Gasteiger partial charge is 0.128 e. The third-order valence-electron chi connectivity index (χ3n) is 12.4. The maximum Gasteiger partial charge on any atom is 0.128 e. The van der Waals surface area contributed by atoms with Crippen molar-refractivity contribution in [3.63, 3.8) is 0 Å². The summed E-state index contributed by atoms with van der Waals surface area (Å²) < 4.78 is 13.9. The maximum atomic E-state index is 6.40. The molecule has 1 aliphatic heterocycles. The molecule has 2 atom stereocenters. The Balaban J connectivity index is 1.08. The summed E-state index contributed by atoms with van der Waals surface area (Å²) in [7, 11) is 0. The van der Waals surface area contributed by atoms with E-state index in [4.69, 9.17) is 4.74 Å². The van der Waals surface area contributed by atoms with E-state index >= 15 is 0 Å². The molecule has 13 rings (SSSR count). The first kappa shape index (κ1) is 32.0. The van der Waals surface area contributed by atoms with Crippen LogP contribution in [0.5, 0.6) is 5.75 Å². The Morgan fingerprint density at radius 1 is 0.483 bits per heavy atom. The van der Waals surface area contributed by atoms with Gasteiger partial charge in [0.05, 0.1) is 22.1 Å². The molecule has 0 saturated carbocycles. The summed E-state index contributed by atoms with van der Waals surface area (Å²) in [4.78, 5) is 0. The Bertz CT molecular complexity index is 3560. The van der Waals surface area contributed by atoms with Crippen molar-refractivity contribution in [1.29, 1.82) is 0 Å². The topological polar surface area (TPSA) is 19.1 Å². The van der Waals surface area contributed by atoms with E-state index < -0.39 is 0 Å². The summed E-state index contributed by atoms with van der Waals surface area (Å²) in [6.45, 7) is 0. The van der Waals surface area contributed by atoms with Gasteiger partial charge in [0.1, 0.15) is 11.9 Å². The molecule has 0 spiro atoms. The summed E-state index contributed by atoms with van der Waals surface area (Å²) >= 11 is 1.89. The zero-order chi connectivity index (χ0) is 37.9. The van der Waals surface area contributed by atoms with Crippen LogP contribution in [0.2, 0.25) is 0 Å². The lowest BCUT2D eigenvalue weighted by atomic mass is 9.86. The van der Waals surface area contributed by atoms with Crippen LogP contribution in [0.4, 0.5) is 0 Å². The van der Waals surface area contributed by atoms with Gasteiger partial charge in [-0.3, -0.25) is 0 Å². The lowest BCUT2D eigenvalue weighted by Crippen LogP contribution is -2.17. The molecule has 0 N–H and O–H groups in total. The first-order chi connectivity index (χ1) is 28.8. The third kappa shape index (κ3) is 4.55. The van der Waals surface area contributed by atoms with Crippen molar-refractivity contribution in [1.82, 2.24) is 9.13 Å². The molecule has 2 unspecified atom stereocenters. The highest BCUT2D eigenvalue weighted by molar-refractivity contribution is 7.26. The first-order valence-corrected chi connectivity index (χ1v) is 20.8. The van der Waals surface area contributed by atoms with E-state index in [2.05, 4.69) is 203 Å². The molecular formula is C54H34N2OS. The van der Waals surface area contributed by atoms with Crippen molar-refractivity contribution >= 4 is 80.7 Å².